The lowest BCUT2D eigenvalue weighted by Crippen LogP contribution is -2.29. The van der Waals surface area contributed by atoms with Gasteiger partial charge in [-0.3, -0.25) is 4.98 Å². The van der Waals surface area contributed by atoms with Gasteiger partial charge in [0.2, 0.25) is 10.0 Å². The van der Waals surface area contributed by atoms with Crippen LogP contribution in [0.5, 0.6) is 0 Å². The lowest BCUT2D eigenvalue weighted by molar-refractivity contribution is 0.453. The Balaban J connectivity index is 2.25. The van der Waals surface area contributed by atoms with Crippen molar-refractivity contribution in [3.63, 3.8) is 0 Å². The fourth-order valence-electron chi connectivity index (χ4n) is 2.48. The summed E-state index contributed by atoms with van der Waals surface area (Å²) in [6.45, 7) is 6.15. The summed E-state index contributed by atoms with van der Waals surface area (Å²) in [6.07, 6.45) is 6.00. The summed E-state index contributed by atoms with van der Waals surface area (Å²) in [7, 11) is -3.43. The Bertz CT molecular complexity index is 545. The first-order valence-electron chi connectivity index (χ1n) is 7.27. The van der Waals surface area contributed by atoms with Crippen LogP contribution in [0.1, 0.15) is 33.1 Å². The molecule has 20 heavy (non-hydrogen) atoms. The topological polar surface area (TPSA) is 62.3 Å². The number of nitrogens with zero attached hydrogens (tertiary/aromatic N) is 2. The monoisotopic (exact) mass is 297 g/mol. The zero-order valence-corrected chi connectivity index (χ0v) is 13.0. The molecule has 0 spiro atoms. The van der Waals surface area contributed by atoms with Gasteiger partial charge in [0.25, 0.3) is 0 Å². The van der Waals surface area contributed by atoms with E-state index in [1.807, 2.05) is 0 Å². The van der Waals surface area contributed by atoms with E-state index < -0.39 is 10.0 Å². The molecular formula is C14H23N3O2S. The molecular weight excluding hydrogens is 274 g/mol. The molecule has 0 radical (unpaired) electrons. The largest absolute Gasteiger partial charge is 0.384 e. The van der Waals surface area contributed by atoms with Gasteiger partial charge >= 0.3 is 0 Å². The number of nitrogens with one attached hydrogen (secondary N) is 1. The Kier molecular flexibility index (Phi) is 4.99. The van der Waals surface area contributed by atoms with Gasteiger partial charge in [0.15, 0.2) is 0 Å². The average Bonchev–Trinajstić information content (AvgIpc) is 2.95. The summed E-state index contributed by atoms with van der Waals surface area (Å²) in [4.78, 5) is 4.28. The van der Waals surface area contributed by atoms with Gasteiger partial charge in [0, 0.05) is 32.0 Å². The van der Waals surface area contributed by atoms with Crippen molar-refractivity contribution in [2.45, 2.75) is 38.0 Å². The molecule has 1 aliphatic heterocycles. The zero-order chi connectivity index (χ0) is 14.6. The minimum Gasteiger partial charge on any atom is -0.384 e. The standard InChI is InChI=1S/C14H23N3O2S/c1-3-7-16-13-5-8-15-10-14(13)20(18,19)17-9-6-12(4-2)11-17/h5,8,10,12H,3-4,6-7,9,11H2,1-2H3,(H,15,16). The van der Waals surface area contributed by atoms with Crippen LogP contribution in [0.15, 0.2) is 23.4 Å². The van der Waals surface area contributed by atoms with E-state index in [1.54, 1.807) is 16.6 Å². The predicted octanol–water partition coefficient (Wildman–Crippen LogP) is 2.32. The third kappa shape index (κ3) is 3.12. The van der Waals surface area contributed by atoms with Crippen LogP contribution >= 0.6 is 0 Å². The van der Waals surface area contributed by atoms with Crippen LogP contribution in [-0.2, 0) is 10.0 Å². The van der Waals surface area contributed by atoms with E-state index in [0.717, 1.165) is 25.8 Å². The molecule has 0 saturated carbocycles. The van der Waals surface area contributed by atoms with Gasteiger partial charge in [0.05, 0.1) is 5.69 Å². The third-order valence-electron chi connectivity index (χ3n) is 3.79. The Labute approximate surface area is 121 Å². The first kappa shape index (κ1) is 15.3. The van der Waals surface area contributed by atoms with Crippen molar-refractivity contribution in [3.8, 4) is 0 Å². The van der Waals surface area contributed by atoms with E-state index >= 15 is 0 Å². The number of sulfonamides is 1. The van der Waals surface area contributed by atoms with Crippen molar-refractivity contribution in [3.05, 3.63) is 18.5 Å². The maximum Gasteiger partial charge on any atom is 0.246 e. The Morgan fingerprint density at radius 3 is 2.90 bits per heavy atom. The van der Waals surface area contributed by atoms with Gasteiger partial charge in [-0.15, -0.1) is 0 Å². The molecule has 0 aliphatic carbocycles. The SMILES string of the molecule is CCCNc1ccncc1S(=O)(=O)N1CCC(CC)C1. The average molecular weight is 297 g/mol. The summed E-state index contributed by atoms with van der Waals surface area (Å²) in [5.74, 6) is 0.480. The molecule has 1 aliphatic rings. The lowest BCUT2D eigenvalue weighted by atomic mass is 10.1. The number of aromatic nitrogens is 1. The summed E-state index contributed by atoms with van der Waals surface area (Å²) >= 11 is 0. The van der Waals surface area contributed by atoms with Crippen LogP contribution in [-0.4, -0.2) is 37.3 Å². The molecule has 1 atom stereocenters. The van der Waals surface area contributed by atoms with Crippen LogP contribution in [0.3, 0.4) is 0 Å². The molecule has 2 rings (SSSR count). The molecule has 1 aromatic heterocycles. The summed E-state index contributed by atoms with van der Waals surface area (Å²) in [6, 6.07) is 1.73. The highest BCUT2D eigenvalue weighted by Crippen LogP contribution is 2.29. The van der Waals surface area contributed by atoms with Crippen LogP contribution in [0, 0.1) is 5.92 Å². The van der Waals surface area contributed by atoms with Gasteiger partial charge in [-0.05, 0) is 24.8 Å². The highest BCUT2D eigenvalue weighted by molar-refractivity contribution is 7.89. The Morgan fingerprint density at radius 2 is 2.25 bits per heavy atom. The predicted molar refractivity (Wildman–Crippen MR) is 80.2 cm³/mol. The van der Waals surface area contributed by atoms with Crippen molar-refractivity contribution in [1.29, 1.82) is 0 Å². The van der Waals surface area contributed by atoms with Gasteiger partial charge in [0.1, 0.15) is 4.90 Å². The molecule has 112 valence electrons. The highest BCUT2D eigenvalue weighted by Gasteiger charge is 2.33. The molecule has 0 bridgehead atoms. The second kappa shape index (κ2) is 6.54. The van der Waals surface area contributed by atoms with Gasteiger partial charge in [-0.25, -0.2) is 8.42 Å². The van der Waals surface area contributed by atoms with Crippen molar-refractivity contribution in [2.75, 3.05) is 25.0 Å². The fraction of sp³-hybridized carbons (Fsp3) is 0.643. The second-order valence-corrected chi connectivity index (χ2v) is 7.13. The van der Waals surface area contributed by atoms with E-state index in [-0.39, 0.29) is 0 Å². The molecule has 1 unspecified atom stereocenters. The maximum atomic E-state index is 12.7. The molecule has 1 saturated heterocycles. The maximum absolute atomic E-state index is 12.7. The molecule has 6 heteroatoms. The minimum absolute atomic E-state index is 0.296. The molecule has 1 fully saturated rings. The van der Waals surface area contributed by atoms with Gasteiger partial charge in [-0.2, -0.15) is 4.31 Å². The second-order valence-electron chi connectivity index (χ2n) is 5.22. The van der Waals surface area contributed by atoms with Crippen molar-refractivity contribution >= 4 is 15.7 Å². The molecule has 0 amide bonds. The van der Waals surface area contributed by atoms with Gasteiger partial charge < -0.3 is 5.32 Å². The van der Waals surface area contributed by atoms with E-state index in [2.05, 4.69) is 24.1 Å². The number of hydrogen-bond acceptors (Lipinski definition) is 4. The summed E-state index contributed by atoms with van der Waals surface area (Å²) < 4.78 is 27.0. The van der Waals surface area contributed by atoms with Crippen molar-refractivity contribution < 1.29 is 8.42 Å². The smallest absolute Gasteiger partial charge is 0.246 e. The van der Waals surface area contributed by atoms with Crippen molar-refractivity contribution in [1.82, 2.24) is 9.29 Å². The summed E-state index contributed by atoms with van der Waals surface area (Å²) in [5, 5.41) is 3.17. The van der Waals surface area contributed by atoms with Crippen LogP contribution < -0.4 is 5.32 Å². The number of pyridine rings is 1. The van der Waals surface area contributed by atoms with E-state index in [1.165, 1.54) is 6.20 Å². The number of anilines is 1. The minimum atomic E-state index is -3.43. The van der Waals surface area contributed by atoms with Crippen molar-refractivity contribution in [2.24, 2.45) is 5.92 Å². The Morgan fingerprint density at radius 1 is 1.45 bits per heavy atom. The first-order valence-corrected chi connectivity index (χ1v) is 8.71. The quantitative estimate of drug-likeness (QED) is 0.875. The molecule has 0 aromatic carbocycles. The lowest BCUT2D eigenvalue weighted by Gasteiger charge is -2.18. The van der Waals surface area contributed by atoms with E-state index in [0.29, 0.717) is 29.6 Å². The normalized spacial score (nSPS) is 20.2. The molecule has 1 aromatic rings. The first-order chi connectivity index (χ1) is 9.59. The van der Waals surface area contributed by atoms with Crippen LogP contribution in [0.4, 0.5) is 5.69 Å². The van der Waals surface area contributed by atoms with Gasteiger partial charge in [-0.1, -0.05) is 20.3 Å². The third-order valence-corrected chi connectivity index (χ3v) is 5.69. The molecule has 2 heterocycles. The van der Waals surface area contributed by atoms with Crippen LogP contribution in [0.2, 0.25) is 0 Å². The summed E-state index contributed by atoms with van der Waals surface area (Å²) in [5.41, 5.74) is 0.654. The molecule has 1 N–H and O–H groups in total. The number of rotatable bonds is 6. The fourth-order valence-corrected chi connectivity index (χ4v) is 4.12. The number of hydrogen-bond donors (Lipinski definition) is 1. The zero-order valence-electron chi connectivity index (χ0n) is 12.2. The highest BCUT2D eigenvalue weighted by atomic mass is 32.2. The van der Waals surface area contributed by atoms with Crippen LogP contribution in [0.25, 0.3) is 0 Å². The van der Waals surface area contributed by atoms with E-state index in [9.17, 15) is 8.42 Å². The van der Waals surface area contributed by atoms with E-state index in [4.69, 9.17) is 0 Å². The molecule has 5 nitrogen and oxygen atoms in total. The Hall–Kier alpha value is -1.14.